The number of rotatable bonds is 2. The molecule has 1 unspecified atom stereocenters. The molecule has 0 saturated heterocycles. The number of nitrogens with one attached hydrogen (secondary N) is 1. The van der Waals surface area contributed by atoms with Gasteiger partial charge < -0.3 is 10.1 Å². The molecule has 90 valence electrons. The van der Waals surface area contributed by atoms with Gasteiger partial charge in [-0.15, -0.1) is 0 Å². The molecule has 0 spiro atoms. The summed E-state index contributed by atoms with van der Waals surface area (Å²) in [5.74, 6) is 0. The van der Waals surface area contributed by atoms with Gasteiger partial charge in [0.25, 0.3) is 0 Å². The molecule has 0 aliphatic rings. The van der Waals surface area contributed by atoms with E-state index in [2.05, 4.69) is 20.9 Å². The fraction of sp³-hybridized carbons (Fsp3) is 0.286. The van der Waals surface area contributed by atoms with Gasteiger partial charge in [-0.2, -0.15) is 0 Å². The van der Waals surface area contributed by atoms with Gasteiger partial charge in [0.05, 0.1) is 5.69 Å². The lowest BCUT2D eigenvalue weighted by atomic mass is 10.0. The van der Waals surface area contributed by atoms with Gasteiger partial charge in [0.15, 0.2) is 0 Å². The summed E-state index contributed by atoms with van der Waals surface area (Å²) in [6, 6.07) is 5.98. The number of aromatic nitrogens is 1. The Morgan fingerprint density at radius 1 is 1.24 bits per heavy atom. The van der Waals surface area contributed by atoms with Crippen LogP contribution in [0, 0.1) is 20.8 Å². The fourth-order valence-corrected chi connectivity index (χ4v) is 2.62. The van der Waals surface area contributed by atoms with Crippen molar-refractivity contribution in [3.05, 3.63) is 56.8 Å². The van der Waals surface area contributed by atoms with E-state index in [1.54, 1.807) is 0 Å². The van der Waals surface area contributed by atoms with Crippen LogP contribution in [0.1, 0.15) is 34.1 Å². The van der Waals surface area contributed by atoms with Crippen molar-refractivity contribution in [2.45, 2.75) is 26.9 Å². The Morgan fingerprint density at radius 3 is 2.47 bits per heavy atom. The van der Waals surface area contributed by atoms with E-state index in [1.165, 1.54) is 11.1 Å². The molecule has 0 saturated carbocycles. The normalized spacial score (nSPS) is 12.8. The summed E-state index contributed by atoms with van der Waals surface area (Å²) < 4.78 is 0.941. The lowest BCUT2D eigenvalue weighted by molar-refractivity contribution is 0.214. The van der Waals surface area contributed by atoms with Crippen molar-refractivity contribution in [1.29, 1.82) is 0 Å². The average molecular weight is 294 g/mol. The highest BCUT2D eigenvalue weighted by Crippen LogP contribution is 2.30. The van der Waals surface area contributed by atoms with Gasteiger partial charge in [-0.05, 0) is 43.5 Å². The third-order valence-electron chi connectivity index (χ3n) is 3.16. The number of H-pyrrole nitrogens is 1. The third kappa shape index (κ3) is 2.31. The highest BCUT2D eigenvalue weighted by molar-refractivity contribution is 9.10. The van der Waals surface area contributed by atoms with Crippen molar-refractivity contribution in [1.82, 2.24) is 4.98 Å². The Morgan fingerprint density at radius 2 is 1.94 bits per heavy atom. The molecule has 1 aromatic heterocycles. The number of halogens is 1. The van der Waals surface area contributed by atoms with Crippen molar-refractivity contribution < 1.29 is 5.11 Å². The molecular weight excluding hydrogens is 278 g/mol. The molecule has 2 N–H and O–H groups in total. The second-order valence-electron chi connectivity index (χ2n) is 4.44. The maximum Gasteiger partial charge on any atom is 0.120 e. The smallest absolute Gasteiger partial charge is 0.120 e. The van der Waals surface area contributed by atoms with Gasteiger partial charge in [-0.25, -0.2) is 0 Å². The van der Waals surface area contributed by atoms with Gasteiger partial charge in [0, 0.05) is 16.2 Å². The molecule has 0 amide bonds. The zero-order chi connectivity index (χ0) is 12.6. The summed E-state index contributed by atoms with van der Waals surface area (Å²) in [5.41, 5.74) is 5.21. The monoisotopic (exact) mass is 293 g/mol. The lowest BCUT2D eigenvalue weighted by Crippen LogP contribution is -2.03. The van der Waals surface area contributed by atoms with Crippen LogP contribution in [0.5, 0.6) is 0 Å². The molecule has 0 fully saturated rings. The largest absolute Gasteiger partial charge is 0.382 e. The maximum absolute atomic E-state index is 10.4. The van der Waals surface area contributed by atoms with Crippen LogP contribution >= 0.6 is 15.9 Å². The fourth-order valence-electron chi connectivity index (χ4n) is 1.91. The Bertz CT molecular complexity index is 545. The molecule has 0 radical (unpaired) electrons. The molecule has 3 heteroatoms. The third-order valence-corrected chi connectivity index (χ3v) is 3.85. The van der Waals surface area contributed by atoms with Gasteiger partial charge in [0.2, 0.25) is 0 Å². The van der Waals surface area contributed by atoms with Crippen molar-refractivity contribution in [2.24, 2.45) is 0 Å². The molecule has 1 atom stereocenters. The predicted octanol–water partition coefficient (Wildman–Crippen LogP) is 3.78. The maximum atomic E-state index is 10.4. The summed E-state index contributed by atoms with van der Waals surface area (Å²) in [4.78, 5) is 3.14. The number of hydrogen-bond donors (Lipinski definition) is 2. The molecule has 0 bridgehead atoms. The first kappa shape index (κ1) is 12.4. The van der Waals surface area contributed by atoms with Crippen molar-refractivity contribution in [3.63, 3.8) is 0 Å². The second kappa shape index (κ2) is 4.67. The van der Waals surface area contributed by atoms with Gasteiger partial charge in [-0.3, -0.25) is 0 Å². The number of benzene rings is 1. The highest BCUT2D eigenvalue weighted by atomic mass is 79.9. The first-order valence-corrected chi connectivity index (χ1v) is 6.38. The minimum atomic E-state index is -0.612. The van der Waals surface area contributed by atoms with E-state index in [0.717, 1.165) is 21.3 Å². The SMILES string of the molecule is Cc1ccc(C(O)c2[nH]cc(C)c2C)c(Br)c1. The number of aliphatic hydroxyl groups is 1. The molecule has 1 aromatic carbocycles. The summed E-state index contributed by atoms with van der Waals surface area (Å²) >= 11 is 3.50. The lowest BCUT2D eigenvalue weighted by Gasteiger charge is -2.13. The first-order valence-electron chi connectivity index (χ1n) is 5.59. The van der Waals surface area contributed by atoms with Crippen LogP contribution in [0.3, 0.4) is 0 Å². The summed E-state index contributed by atoms with van der Waals surface area (Å²) in [6.45, 7) is 6.09. The molecular formula is C14H16BrNO. The predicted molar refractivity (Wildman–Crippen MR) is 73.2 cm³/mol. The van der Waals surface area contributed by atoms with E-state index >= 15 is 0 Å². The van der Waals surface area contributed by atoms with E-state index < -0.39 is 6.10 Å². The van der Waals surface area contributed by atoms with Gasteiger partial charge in [0.1, 0.15) is 6.10 Å². The average Bonchev–Trinajstić information content (AvgIpc) is 2.59. The van der Waals surface area contributed by atoms with Crippen LogP contribution < -0.4 is 0 Å². The van der Waals surface area contributed by atoms with E-state index in [1.807, 2.05) is 45.2 Å². The Labute approximate surface area is 110 Å². The molecule has 17 heavy (non-hydrogen) atoms. The van der Waals surface area contributed by atoms with E-state index in [0.29, 0.717) is 0 Å². The Kier molecular flexibility index (Phi) is 3.40. The van der Waals surface area contributed by atoms with Crippen LogP contribution in [0.15, 0.2) is 28.9 Å². The van der Waals surface area contributed by atoms with E-state index in [4.69, 9.17) is 0 Å². The molecule has 1 heterocycles. The summed E-state index contributed by atoms with van der Waals surface area (Å²) in [6.07, 6.45) is 1.31. The summed E-state index contributed by atoms with van der Waals surface area (Å²) in [7, 11) is 0. The van der Waals surface area contributed by atoms with Crippen molar-refractivity contribution >= 4 is 15.9 Å². The molecule has 0 aliphatic carbocycles. The number of hydrogen-bond acceptors (Lipinski definition) is 1. The van der Waals surface area contributed by atoms with Crippen LogP contribution in [-0.2, 0) is 0 Å². The molecule has 2 nitrogen and oxygen atoms in total. The van der Waals surface area contributed by atoms with Crippen LogP contribution in [0.2, 0.25) is 0 Å². The van der Waals surface area contributed by atoms with Crippen LogP contribution in [0.4, 0.5) is 0 Å². The quantitative estimate of drug-likeness (QED) is 0.868. The minimum Gasteiger partial charge on any atom is -0.382 e. The zero-order valence-electron chi connectivity index (χ0n) is 10.2. The van der Waals surface area contributed by atoms with Crippen LogP contribution in [0.25, 0.3) is 0 Å². The number of aromatic amines is 1. The molecule has 2 aromatic rings. The second-order valence-corrected chi connectivity index (χ2v) is 5.29. The molecule has 2 rings (SSSR count). The van der Waals surface area contributed by atoms with Gasteiger partial charge >= 0.3 is 0 Å². The Balaban J connectivity index is 2.43. The highest BCUT2D eigenvalue weighted by Gasteiger charge is 2.17. The number of aliphatic hydroxyl groups excluding tert-OH is 1. The Hall–Kier alpha value is -1.06. The minimum absolute atomic E-state index is 0.612. The molecule has 0 aliphatic heterocycles. The number of aryl methyl sites for hydroxylation is 2. The summed E-state index contributed by atoms with van der Waals surface area (Å²) in [5, 5.41) is 10.4. The van der Waals surface area contributed by atoms with E-state index in [9.17, 15) is 5.11 Å². The van der Waals surface area contributed by atoms with Crippen molar-refractivity contribution in [2.75, 3.05) is 0 Å². The van der Waals surface area contributed by atoms with E-state index in [-0.39, 0.29) is 0 Å². The first-order chi connectivity index (χ1) is 8.00. The topological polar surface area (TPSA) is 36.0 Å². The van der Waals surface area contributed by atoms with Crippen molar-refractivity contribution in [3.8, 4) is 0 Å². The van der Waals surface area contributed by atoms with Crippen LogP contribution in [-0.4, -0.2) is 10.1 Å². The standard InChI is InChI=1S/C14H16BrNO/c1-8-4-5-11(12(15)6-8)14(17)13-10(3)9(2)7-16-13/h4-7,14,16-17H,1-3H3. The zero-order valence-corrected chi connectivity index (χ0v) is 11.8. The van der Waals surface area contributed by atoms with Gasteiger partial charge in [-0.1, -0.05) is 28.1 Å².